The number of unbranched alkanes of at least 4 members (excludes halogenated alkanes) is 4. The zero-order valence-electron chi connectivity index (χ0n) is 23.0. The molecule has 0 radical (unpaired) electrons. The summed E-state index contributed by atoms with van der Waals surface area (Å²) in [6.07, 6.45) is 8.11. The van der Waals surface area contributed by atoms with Crippen LogP contribution in [0.15, 0.2) is 30.3 Å². The number of carbonyl (C=O) groups excluding carboxylic acids is 1. The molecule has 1 aliphatic rings. The standard InChI is InChI=1S/C30H34F5N3O2S/c1-2-3-4-5-9-14-36-29-28(30(39)40-27-25(34)23(32)22(31)24(33)26(27)35)41-21(37-29)18-38-15-12-20(13-16-38)17-19-10-7-6-8-11-19/h6-8,10-11,20,36H,2-5,9,12-18H2,1H3. The third-order valence-corrected chi connectivity index (χ3v) is 8.25. The minimum absolute atomic E-state index is 0.0866. The van der Waals surface area contributed by atoms with Gasteiger partial charge in [-0.2, -0.15) is 8.78 Å². The molecule has 1 N–H and O–H groups in total. The van der Waals surface area contributed by atoms with Crippen LogP contribution in [0.1, 0.15) is 72.1 Å². The second-order valence-corrected chi connectivity index (χ2v) is 11.4. The fourth-order valence-corrected chi connectivity index (χ4v) is 5.89. The van der Waals surface area contributed by atoms with Gasteiger partial charge in [0.25, 0.3) is 0 Å². The van der Waals surface area contributed by atoms with Crippen molar-refractivity contribution >= 4 is 23.1 Å². The SMILES string of the molecule is CCCCCCCNc1nc(CN2CCC(Cc3ccccc3)CC2)sc1C(=O)Oc1c(F)c(F)c(F)c(F)c1F. The molecule has 2 heterocycles. The number of nitrogens with one attached hydrogen (secondary N) is 1. The van der Waals surface area contributed by atoms with Gasteiger partial charge in [-0.25, -0.2) is 22.9 Å². The molecular weight excluding hydrogens is 561 g/mol. The normalized spacial score (nSPS) is 14.4. The van der Waals surface area contributed by atoms with Crippen LogP contribution in [0.3, 0.4) is 0 Å². The highest BCUT2D eigenvalue weighted by molar-refractivity contribution is 7.14. The van der Waals surface area contributed by atoms with Crippen molar-refractivity contribution in [3.05, 3.63) is 74.9 Å². The third-order valence-electron chi connectivity index (χ3n) is 7.23. The zero-order chi connectivity index (χ0) is 29.4. The van der Waals surface area contributed by atoms with Gasteiger partial charge in [-0.15, -0.1) is 11.3 Å². The maximum Gasteiger partial charge on any atom is 0.357 e. The highest BCUT2D eigenvalue weighted by atomic mass is 32.1. The highest BCUT2D eigenvalue weighted by Gasteiger charge is 2.31. The molecule has 0 saturated carbocycles. The Balaban J connectivity index is 1.44. The van der Waals surface area contributed by atoms with Crippen LogP contribution in [-0.2, 0) is 13.0 Å². The number of anilines is 1. The number of esters is 1. The number of hydrogen-bond acceptors (Lipinski definition) is 6. The number of thiazole rings is 1. The predicted octanol–water partition coefficient (Wildman–Crippen LogP) is 7.89. The van der Waals surface area contributed by atoms with Gasteiger partial charge in [0.1, 0.15) is 5.01 Å². The highest BCUT2D eigenvalue weighted by Crippen LogP contribution is 2.32. The minimum Gasteiger partial charge on any atom is -0.416 e. The second-order valence-electron chi connectivity index (χ2n) is 10.3. The summed E-state index contributed by atoms with van der Waals surface area (Å²) in [5.74, 6) is -13.2. The second kappa shape index (κ2) is 14.7. The third kappa shape index (κ3) is 8.03. The van der Waals surface area contributed by atoms with Gasteiger partial charge in [-0.05, 0) is 50.3 Å². The van der Waals surface area contributed by atoms with E-state index in [2.05, 4.69) is 34.3 Å². The first-order valence-electron chi connectivity index (χ1n) is 14.0. The number of piperidine rings is 1. The first kappa shape index (κ1) is 30.9. The molecule has 0 unspecified atom stereocenters. The molecule has 5 nitrogen and oxygen atoms in total. The molecule has 41 heavy (non-hydrogen) atoms. The summed E-state index contributed by atoms with van der Waals surface area (Å²) in [6.45, 7) is 4.77. The van der Waals surface area contributed by atoms with Crippen LogP contribution in [0.5, 0.6) is 5.75 Å². The molecule has 0 aliphatic carbocycles. The minimum atomic E-state index is -2.32. The summed E-state index contributed by atoms with van der Waals surface area (Å²) < 4.78 is 73.9. The zero-order valence-corrected chi connectivity index (χ0v) is 23.8. The molecule has 1 aromatic heterocycles. The lowest BCUT2D eigenvalue weighted by Crippen LogP contribution is -2.33. The van der Waals surface area contributed by atoms with Crippen LogP contribution in [0.2, 0.25) is 0 Å². The van der Waals surface area contributed by atoms with Gasteiger partial charge in [0, 0.05) is 6.54 Å². The van der Waals surface area contributed by atoms with Crippen molar-refractivity contribution in [1.29, 1.82) is 0 Å². The maximum atomic E-state index is 14.2. The molecule has 222 valence electrons. The van der Waals surface area contributed by atoms with Gasteiger partial charge >= 0.3 is 5.97 Å². The van der Waals surface area contributed by atoms with Crippen molar-refractivity contribution in [2.45, 2.75) is 64.8 Å². The van der Waals surface area contributed by atoms with Gasteiger partial charge in [0.2, 0.25) is 34.8 Å². The van der Waals surface area contributed by atoms with Gasteiger partial charge < -0.3 is 10.1 Å². The molecule has 0 atom stereocenters. The largest absolute Gasteiger partial charge is 0.416 e. The lowest BCUT2D eigenvalue weighted by Gasteiger charge is -2.31. The molecule has 1 fully saturated rings. The van der Waals surface area contributed by atoms with E-state index in [0.29, 0.717) is 24.0 Å². The summed E-state index contributed by atoms with van der Waals surface area (Å²) in [4.78, 5) is 19.7. The van der Waals surface area contributed by atoms with Crippen molar-refractivity contribution in [2.75, 3.05) is 25.0 Å². The van der Waals surface area contributed by atoms with E-state index >= 15 is 0 Å². The Bertz CT molecular complexity index is 1280. The summed E-state index contributed by atoms with van der Waals surface area (Å²) in [5, 5.41) is 3.68. The summed E-state index contributed by atoms with van der Waals surface area (Å²) in [7, 11) is 0. The Labute approximate surface area is 240 Å². The predicted molar refractivity (Wildman–Crippen MR) is 149 cm³/mol. The average Bonchev–Trinajstić information content (AvgIpc) is 3.39. The topological polar surface area (TPSA) is 54.5 Å². The van der Waals surface area contributed by atoms with Crippen molar-refractivity contribution in [3.63, 3.8) is 0 Å². The summed E-state index contributed by atoms with van der Waals surface area (Å²) in [6, 6.07) is 10.3. The number of halogens is 5. The molecule has 1 saturated heterocycles. The van der Waals surface area contributed by atoms with E-state index in [4.69, 9.17) is 4.74 Å². The average molecular weight is 596 g/mol. The number of nitrogens with zero attached hydrogens (tertiary/aromatic N) is 2. The van der Waals surface area contributed by atoms with Crippen molar-refractivity contribution in [2.24, 2.45) is 5.92 Å². The number of rotatable bonds is 13. The molecule has 4 rings (SSSR count). The number of hydrogen-bond donors (Lipinski definition) is 1. The fourth-order valence-electron chi connectivity index (χ4n) is 4.93. The quantitative estimate of drug-likeness (QED) is 0.0544. The van der Waals surface area contributed by atoms with Crippen LogP contribution >= 0.6 is 11.3 Å². The lowest BCUT2D eigenvalue weighted by atomic mass is 9.90. The van der Waals surface area contributed by atoms with E-state index < -0.39 is 40.8 Å². The molecule has 11 heteroatoms. The number of aromatic nitrogens is 1. The Morgan fingerprint density at radius 3 is 2.24 bits per heavy atom. The smallest absolute Gasteiger partial charge is 0.357 e. The number of likely N-dealkylation sites (tertiary alicyclic amines) is 1. The Kier molecular flexibility index (Phi) is 11.1. The number of ether oxygens (including phenoxy) is 1. The molecule has 0 bridgehead atoms. The van der Waals surface area contributed by atoms with E-state index in [1.807, 2.05) is 18.2 Å². The van der Waals surface area contributed by atoms with Gasteiger partial charge in [-0.1, -0.05) is 62.9 Å². The van der Waals surface area contributed by atoms with Gasteiger partial charge in [0.15, 0.2) is 10.7 Å². The number of benzene rings is 2. The van der Waals surface area contributed by atoms with Crippen LogP contribution in [0.4, 0.5) is 27.8 Å². The van der Waals surface area contributed by atoms with E-state index in [1.165, 1.54) is 5.56 Å². The van der Waals surface area contributed by atoms with Gasteiger partial charge in [-0.3, -0.25) is 4.90 Å². The van der Waals surface area contributed by atoms with Crippen LogP contribution < -0.4 is 10.1 Å². The first-order valence-corrected chi connectivity index (χ1v) is 14.8. The summed E-state index contributed by atoms with van der Waals surface area (Å²) in [5.41, 5.74) is 1.31. The van der Waals surface area contributed by atoms with Crippen molar-refractivity contribution in [1.82, 2.24) is 9.88 Å². The van der Waals surface area contributed by atoms with E-state index in [0.717, 1.165) is 75.8 Å². The van der Waals surface area contributed by atoms with Crippen molar-refractivity contribution in [3.8, 4) is 5.75 Å². The molecule has 2 aromatic carbocycles. The Hall–Kier alpha value is -3.05. The molecular formula is C30H34F5N3O2S. The molecule has 0 spiro atoms. The molecule has 1 aliphatic heterocycles. The van der Waals surface area contributed by atoms with E-state index in [9.17, 15) is 26.7 Å². The fraction of sp³-hybridized carbons (Fsp3) is 0.467. The maximum absolute atomic E-state index is 14.2. The van der Waals surface area contributed by atoms with E-state index in [1.54, 1.807) is 0 Å². The molecule has 0 amide bonds. The van der Waals surface area contributed by atoms with Crippen molar-refractivity contribution < 1.29 is 31.5 Å². The van der Waals surface area contributed by atoms with Gasteiger partial charge in [0.05, 0.1) is 6.54 Å². The number of carbonyl (C=O) groups is 1. The summed E-state index contributed by atoms with van der Waals surface area (Å²) >= 11 is 0.983. The van der Waals surface area contributed by atoms with Crippen LogP contribution in [0.25, 0.3) is 0 Å². The van der Waals surface area contributed by atoms with Crippen LogP contribution in [0, 0.1) is 35.0 Å². The lowest BCUT2D eigenvalue weighted by molar-refractivity contribution is 0.0721. The van der Waals surface area contributed by atoms with E-state index in [-0.39, 0.29) is 10.7 Å². The Morgan fingerprint density at radius 1 is 0.951 bits per heavy atom. The monoisotopic (exact) mass is 595 g/mol. The van der Waals surface area contributed by atoms with Crippen LogP contribution in [-0.4, -0.2) is 35.5 Å². The molecule has 3 aromatic rings. The Morgan fingerprint density at radius 2 is 1.59 bits per heavy atom. The first-order chi connectivity index (χ1) is 19.8.